The summed E-state index contributed by atoms with van der Waals surface area (Å²) in [7, 11) is -1.10. The van der Waals surface area contributed by atoms with Crippen LogP contribution in [0.1, 0.15) is 123 Å². The number of dihydropyridines is 1. The van der Waals surface area contributed by atoms with E-state index in [9.17, 15) is 0 Å². The van der Waals surface area contributed by atoms with Gasteiger partial charge >= 0.3 is 0 Å². The van der Waals surface area contributed by atoms with E-state index in [2.05, 4.69) is 115 Å². The topological polar surface area (TPSA) is 36.8 Å². The van der Waals surface area contributed by atoms with Crippen LogP contribution in [0.3, 0.4) is 0 Å². The standard InChI is InChI=1S/C27H53N3P2/c1-16-20-19-27(17-2,18-3)22(30-32(25(10,11)12)26(13,14)15)28-21(20)29-31(23(4,5)6)24(7,8)9/h19H,16-18H2,1-15H3,(H,28,29,30). The molecular weight excluding hydrogens is 428 g/mol. The Balaban J connectivity index is 3.75. The lowest BCUT2D eigenvalue weighted by molar-refractivity contribution is 0.480. The van der Waals surface area contributed by atoms with Crippen LogP contribution in [0.4, 0.5) is 0 Å². The Morgan fingerprint density at radius 2 is 1.22 bits per heavy atom. The molecule has 1 rings (SSSR count). The van der Waals surface area contributed by atoms with E-state index in [1.54, 1.807) is 0 Å². The molecule has 3 nitrogen and oxygen atoms in total. The average Bonchev–Trinajstić information content (AvgIpc) is 2.60. The number of nitrogens with one attached hydrogen (secondary N) is 1. The lowest BCUT2D eigenvalue weighted by Gasteiger charge is -2.45. The van der Waals surface area contributed by atoms with Gasteiger partial charge in [0.1, 0.15) is 5.84 Å². The number of nitrogens with zero attached hydrogens (tertiary/aromatic N) is 2. The third-order valence-corrected chi connectivity index (χ3v) is 12.1. The highest BCUT2D eigenvalue weighted by Crippen LogP contribution is 2.61. The zero-order valence-electron chi connectivity index (χ0n) is 24.0. The monoisotopic (exact) mass is 481 g/mol. The molecule has 0 bridgehead atoms. The molecule has 0 atom stereocenters. The molecule has 0 aromatic heterocycles. The van der Waals surface area contributed by atoms with E-state index in [4.69, 9.17) is 9.76 Å². The normalized spacial score (nSPS) is 19.5. The molecule has 0 radical (unpaired) electrons. The van der Waals surface area contributed by atoms with E-state index in [1.807, 2.05) is 0 Å². The van der Waals surface area contributed by atoms with Crippen LogP contribution >= 0.6 is 16.1 Å². The Hall–Kier alpha value is -0.260. The molecule has 0 aromatic carbocycles. The van der Waals surface area contributed by atoms with Gasteiger partial charge in [0.25, 0.3) is 0 Å². The van der Waals surface area contributed by atoms with Crippen LogP contribution in [0.2, 0.25) is 0 Å². The van der Waals surface area contributed by atoms with Crippen molar-refractivity contribution in [2.45, 2.75) is 144 Å². The highest BCUT2D eigenvalue weighted by atomic mass is 31.1. The highest BCUT2D eigenvalue weighted by molar-refractivity contribution is 7.60. The first-order valence-electron chi connectivity index (χ1n) is 12.5. The van der Waals surface area contributed by atoms with Gasteiger partial charge in [0.05, 0.1) is 0 Å². The van der Waals surface area contributed by atoms with Gasteiger partial charge in [0, 0.05) is 42.2 Å². The summed E-state index contributed by atoms with van der Waals surface area (Å²) in [6, 6.07) is 0. The van der Waals surface area contributed by atoms with E-state index < -0.39 is 16.1 Å². The molecule has 0 aliphatic carbocycles. The van der Waals surface area contributed by atoms with Crippen LogP contribution in [0, 0.1) is 5.41 Å². The van der Waals surface area contributed by atoms with Crippen molar-refractivity contribution < 1.29 is 0 Å². The second-order valence-corrected chi connectivity index (χ2v) is 20.3. The third kappa shape index (κ3) is 7.12. The van der Waals surface area contributed by atoms with Crippen molar-refractivity contribution in [3.63, 3.8) is 0 Å². The van der Waals surface area contributed by atoms with Crippen LogP contribution < -0.4 is 5.09 Å². The maximum atomic E-state index is 5.44. The lowest BCUT2D eigenvalue weighted by Crippen LogP contribution is -2.45. The summed E-state index contributed by atoms with van der Waals surface area (Å²) in [5, 5.41) is 4.68. The van der Waals surface area contributed by atoms with Gasteiger partial charge < -0.3 is 5.09 Å². The Morgan fingerprint density at radius 1 is 0.781 bits per heavy atom. The van der Waals surface area contributed by atoms with Gasteiger partial charge in [-0.2, -0.15) is 0 Å². The largest absolute Gasteiger partial charge is 0.351 e. The molecular formula is C27H53N3P2. The quantitative estimate of drug-likeness (QED) is 0.390. The first-order valence-corrected chi connectivity index (χ1v) is 15.1. The van der Waals surface area contributed by atoms with Crippen LogP contribution in [-0.2, 0) is 0 Å². The van der Waals surface area contributed by atoms with Gasteiger partial charge in [0.2, 0.25) is 0 Å². The zero-order valence-corrected chi connectivity index (χ0v) is 25.8. The number of aliphatic imine (C=N–C) groups is 1. The zero-order chi connectivity index (χ0) is 25.3. The molecule has 32 heavy (non-hydrogen) atoms. The fourth-order valence-electron chi connectivity index (χ4n) is 4.88. The van der Waals surface area contributed by atoms with Crippen molar-refractivity contribution in [1.29, 1.82) is 0 Å². The van der Waals surface area contributed by atoms with Gasteiger partial charge in [-0.1, -0.05) is 110 Å². The van der Waals surface area contributed by atoms with Gasteiger partial charge in [-0.15, -0.1) is 0 Å². The highest BCUT2D eigenvalue weighted by Gasteiger charge is 2.42. The third-order valence-electron chi connectivity index (χ3n) is 6.09. The number of rotatable bonds is 5. The van der Waals surface area contributed by atoms with Crippen LogP contribution in [0.5, 0.6) is 0 Å². The van der Waals surface area contributed by atoms with Crippen molar-refractivity contribution in [1.82, 2.24) is 5.09 Å². The van der Waals surface area contributed by atoms with Crippen LogP contribution in [0.25, 0.3) is 0 Å². The predicted octanol–water partition coefficient (Wildman–Crippen LogP) is 9.52. The Kier molecular flexibility index (Phi) is 9.45. The summed E-state index contributed by atoms with van der Waals surface area (Å²) < 4.78 is 5.44. The Labute approximate surface area is 203 Å². The molecule has 1 N–H and O–H groups in total. The van der Waals surface area contributed by atoms with Gasteiger partial charge in [-0.05, 0) is 24.8 Å². The fourth-order valence-corrected chi connectivity index (χ4v) is 11.0. The summed E-state index contributed by atoms with van der Waals surface area (Å²) in [4.78, 5) is 5.38. The SMILES string of the molecule is CCC1=CC(CC)(CC)C(NP(C(C)(C)C)C(C)(C)C)=N/C1=N\P(C(C)(C)C)C(C)(C)C. The maximum absolute atomic E-state index is 5.44. The van der Waals surface area contributed by atoms with Crippen molar-refractivity contribution >= 4 is 27.8 Å². The smallest absolute Gasteiger partial charge is 0.155 e. The van der Waals surface area contributed by atoms with Crippen molar-refractivity contribution in [3.05, 3.63) is 11.6 Å². The first kappa shape index (κ1) is 29.8. The van der Waals surface area contributed by atoms with E-state index in [0.717, 1.165) is 30.9 Å². The second-order valence-electron chi connectivity index (χ2n) is 13.2. The van der Waals surface area contributed by atoms with Gasteiger partial charge in [-0.25, -0.2) is 9.76 Å². The summed E-state index contributed by atoms with van der Waals surface area (Å²) in [6.07, 6.45) is 5.59. The van der Waals surface area contributed by atoms with Crippen molar-refractivity contribution in [2.24, 2.45) is 15.2 Å². The van der Waals surface area contributed by atoms with Crippen molar-refractivity contribution in [3.8, 4) is 0 Å². The molecule has 0 saturated heterocycles. The van der Waals surface area contributed by atoms with E-state index in [1.165, 1.54) is 5.57 Å². The molecule has 1 heterocycles. The fraction of sp³-hybridized carbons (Fsp3) is 0.852. The van der Waals surface area contributed by atoms with Crippen LogP contribution in [0.15, 0.2) is 21.4 Å². The Morgan fingerprint density at radius 3 is 1.53 bits per heavy atom. The summed E-state index contributed by atoms with van der Waals surface area (Å²) in [5.41, 5.74) is 1.28. The Bertz CT molecular complexity index is 703. The average molecular weight is 482 g/mol. The maximum Gasteiger partial charge on any atom is 0.155 e. The second kappa shape index (κ2) is 10.2. The van der Waals surface area contributed by atoms with Crippen molar-refractivity contribution in [2.75, 3.05) is 0 Å². The summed E-state index contributed by atoms with van der Waals surface area (Å²) in [5.74, 6) is 2.12. The molecule has 0 saturated carbocycles. The summed E-state index contributed by atoms with van der Waals surface area (Å²) >= 11 is 0. The molecule has 1 aliphatic rings. The molecule has 186 valence electrons. The molecule has 0 unspecified atom stereocenters. The predicted molar refractivity (Wildman–Crippen MR) is 152 cm³/mol. The van der Waals surface area contributed by atoms with Gasteiger partial charge in [0.15, 0.2) is 5.84 Å². The molecule has 0 fully saturated rings. The molecule has 0 aromatic rings. The van der Waals surface area contributed by atoms with E-state index in [-0.39, 0.29) is 26.0 Å². The molecule has 5 heteroatoms. The molecule has 0 amide bonds. The number of hydrogen-bond acceptors (Lipinski definition) is 2. The van der Waals surface area contributed by atoms with E-state index in [0.29, 0.717) is 0 Å². The molecule has 1 aliphatic heterocycles. The minimum absolute atomic E-state index is 0.0341. The summed E-state index contributed by atoms with van der Waals surface area (Å²) in [6.45, 7) is 35.0. The number of hydrogen-bond donors (Lipinski definition) is 1. The number of amidine groups is 2. The van der Waals surface area contributed by atoms with E-state index >= 15 is 0 Å². The minimum Gasteiger partial charge on any atom is -0.351 e. The molecule has 0 spiro atoms. The first-order chi connectivity index (χ1) is 14.2. The minimum atomic E-state index is -0.604. The van der Waals surface area contributed by atoms with Gasteiger partial charge in [-0.3, -0.25) is 0 Å². The lowest BCUT2D eigenvalue weighted by atomic mass is 9.77. The van der Waals surface area contributed by atoms with Crippen LogP contribution in [-0.4, -0.2) is 32.3 Å².